The molecule has 3 heterocycles. The number of hydrogen-bond donors (Lipinski definition) is 0. The Balaban J connectivity index is 1.08. The molecule has 0 aliphatic rings. The van der Waals surface area contributed by atoms with E-state index in [1.54, 1.807) is 0 Å². The molecule has 3 aromatic heterocycles. The number of para-hydroxylation sites is 1. The number of benzene rings is 11. The minimum Gasteiger partial charge on any atom is -0.455 e. The highest BCUT2D eigenvalue weighted by Crippen LogP contribution is 2.43. The van der Waals surface area contributed by atoms with E-state index in [0.29, 0.717) is 17.5 Å². The molecule has 296 valence electrons. The quantitative estimate of drug-likeness (QED) is 0.166. The Morgan fingerprint density at radius 3 is 1.66 bits per heavy atom. The molecule has 0 spiro atoms. The summed E-state index contributed by atoms with van der Waals surface area (Å²) in [5.74, 6) is 1.72. The van der Waals surface area contributed by atoms with Gasteiger partial charge in [0.15, 0.2) is 17.5 Å². The Hall–Kier alpha value is -8.67. The van der Waals surface area contributed by atoms with Gasteiger partial charge in [-0.15, -0.1) is 0 Å². The van der Waals surface area contributed by atoms with E-state index in [4.69, 9.17) is 19.4 Å². The van der Waals surface area contributed by atoms with Crippen molar-refractivity contribution >= 4 is 97.6 Å². The molecular formula is C59H34N4O. The van der Waals surface area contributed by atoms with Gasteiger partial charge >= 0.3 is 0 Å². The van der Waals surface area contributed by atoms with Crippen molar-refractivity contribution in [2.75, 3.05) is 0 Å². The zero-order chi connectivity index (χ0) is 41.9. The van der Waals surface area contributed by atoms with Crippen molar-refractivity contribution in [3.63, 3.8) is 0 Å². The van der Waals surface area contributed by atoms with Crippen LogP contribution in [0.15, 0.2) is 211 Å². The molecule has 0 saturated carbocycles. The maximum absolute atomic E-state index is 6.85. The third-order valence-corrected chi connectivity index (χ3v) is 13.1. The van der Waals surface area contributed by atoms with Crippen LogP contribution in [0, 0.1) is 0 Å². The first-order valence-electron chi connectivity index (χ1n) is 21.7. The highest BCUT2D eigenvalue weighted by Gasteiger charge is 2.23. The van der Waals surface area contributed by atoms with E-state index < -0.39 is 0 Å². The van der Waals surface area contributed by atoms with E-state index >= 15 is 0 Å². The van der Waals surface area contributed by atoms with Crippen LogP contribution in [0.3, 0.4) is 0 Å². The van der Waals surface area contributed by atoms with Gasteiger partial charge in [0, 0.05) is 43.7 Å². The first-order chi connectivity index (χ1) is 31.7. The SMILES string of the molecule is c1ccc2cc(-c3nc(-c4ccc5c(ccc6ccccc65)c4)nc(-c4cc(-n5c6cc7ccccc7cc6c6ccc7ccccc7c65)cc5c4oc4ccccc45)n3)ccc2c1. The predicted octanol–water partition coefficient (Wildman–Crippen LogP) is 15.6. The van der Waals surface area contributed by atoms with Gasteiger partial charge in [0.25, 0.3) is 0 Å². The normalized spacial score (nSPS) is 12.1. The van der Waals surface area contributed by atoms with Crippen molar-refractivity contribution in [3.05, 3.63) is 206 Å². The van der Waals surface area contributed by atoms with Crippen molar-refractivity contribution in [2.45, 2.75) is 0 Å². The average molecular weight is 815 g/mol. The van der Waals surface area contributed by atoms with Crippen molar-refractivity contribution in [1.29, 1.82) is 0 Å². The topological polar surface area (TPSA) is 56.7 Å². The number of aromatic nitrogens is 4. The lowest BCUT2D eigenvalue weighted by Crippen LogP contribution is -2.02. The molecule has 0 radical (unpaired) electrons. The summed E-state index contributed by atoms with van der Waals surface area (Å²) in [4.78, 5) is 16.0. The molecule has 0 unspecified atom stereocenters. The van der Waals surface area contributed by atoms with Crippen LogP contribution in [0.5, 0.6) is 0 Å². The summed E-state index contributed by atoms with van der Waals surface area (Å²) in [5, 5.41) is 16.2. The Morgan fingerprint density at radius 1 is 0.328 bits per heavy atom. The second-order valence-corrected chi connectivity index (χ2v) is 16.8. The van der Waals surface area contributed by atoms with Crippen molar-refractivity contribution < 1.29 is 4.42 Å². The Labute approximate surface area is 366 Å². The number of nitrogens with zero attached hydrogens (tertiary/aromatic N) is 4. The molecule has 0 aliphatic heterocycles. The standard InChI is InChI=1S/C59H34N4O/c1-2-14-38-29-42(24-21-35(38)11-1)57-60-58(43-26-27-46-41(30-43)23-22-36-12-5-7-17-45(36)46)62-59(61-57)52-34-44(33-51-48-19-9-10-20-54(48)64-56(51)52)63-53-32-40-16-4-3-15-39(40)31-50(53)49-28-25-37-13-6-8-18-47(37)55(49)63/h1-34H. The lowest BCUT2D eigenvalue weighted by atomic mass is 10.00. The molecule has 5 nitrogen and oxygen atoms in total. The van der Waals surface area contributed by atoms with Crippen LogP contribution in [-0.2, 0) is 0 Å². The van der Waals surface area contributed by atoms with E-state index in [2.05, 4.69) is 199 Å². The van der Waals surface area contributed by atoms with Crippen molar-refractivity contribution in [2.24, 2.45) is 0 Å². The van der Waals surface area contributed by atoms with Crippen LogP contribution in [0.2, 0.25) is 0 Å². The molecule has 5 heteroatoms. The zero-order valence-corrected chi connectivity index (χ0v) is 34.3. The average Bonchev–Trinajstić information content (AvgIpc) is 3.90. The first-order valence-corrected chi connectivity index (χ1v) is 21.7. The lowest BCUT2D eigenvalue weighted by molar-refractivity contribution is 0.669. The van der Waals surface area contributed by atoms with Gasteiger partial charge in [0.2, 0.25) is 0 Å². The van der Waals surface area contributed by atoms with Gasteiger partial charge in [-0.25, -0.2) is 15.0 Å². The third-order valence-electron chi connectivity index (χ3n) is 13.1. The summed E-state index contributed by atoms with van der Waals surface area (Å²) >= 11 is 0. The van der Waals surface area contributed by atoms with E-state index in [1.165, 1.54) is 48.5 Å². The van der Waals surface area contributed by atoms with E-state index in [-0.39, 0.29) is 0 Å². The fraction of sp³-hybridized carbons (Fsp3) is 0. The molecule has 0 aliphatic carbocycles. The largest absolute Gasteiger partial charge is 0.455 e. The number of hydrogen-bond acceptors (Lipinski definition) is 4. The number of furan rings is 1. The summed E-state index contributed by atoms with van der Waals surface area (Å²) in [7, 11) is 0. The van der Waals surface area contributed by atoms with Gasteiger partial charge in [-0.05, 0) is 90.9 Å². The summed E-state index contributed by atoms with van der Waals surface area (Å²) in [6.45, 7) is 0. The maximum atomic E-state index is 6.85. The maximum Gasteiger partial charge on any atom is 0.167 e. The second kappa shape index (κ2) is 13.4. The molecule has 64 heavy (non-hydrogen) atoms. The van der Waals surface area contributed by atoms with Crippen LogP contribution >= 0.6 is 0 Å². The van der Waals surface area contributed by atoms with Gasteiger partial charge < -0.3 is 8.98 Å². The van der Waals surface area contributed by atoms with Gasteiger partial charge in [-0.2, -0.15) is 0 Å². The molecule has 14 aromatic rings. The van der Waals surface area contributed by atoms with Crippen LogP contribution < -0.4 is 0 Å². The van der Waals surface area contributed by atoms with Crippen LogP contribution in [-0.4, -0.2) is 19.5 Å². The number of fused-ring (bicyclic) bond motifs is 13. The van der Waals surface area contributed by atoms with E-state index in [9.17, 15) is 0 Å². The third kappa shape index (κ3) is 5.28. The molecule has 0 N–H and O–H groups in total. The molecule has 0 bridgehead atoms. The highest BCUT2D eigenvalue weighted by atomic mass is 16.3. The zero-order valence-electron chi connectivity index (χ0n) is 34.3. The van der Waals surface area contributed by atoms with Crippen molar-refractivity contribution in [1.82, 2.24) is 19.5 Å². The second-order valence-electron chi connectivity index (χ2n) is 16.8. The predicted molar refractivity (Wildman–Crippen MR) is 265 cm³/mol. The summed E-state index contributed by atoms with van der Waals surface area (Å²) < 4.78 is 9.29. The molecular weight excluding hydrogens is 781 g/mol. The molecule has 0 saturated heterocycles. The smallest absolute Gasteiger partial charge is 0.167 e. The van der Waals surface area contributed by atoms with Crippen LogP contribution in [0.1, 0.15) is 0 Å². The first kappa shape index (κ1) is 35.0. The molecule has 0 fully saturated rings. The summed E-state index contributed by atoms with van der Waals surface area (Å²) in [6.07, 6.45) is 0. The fourth-order valence-electron chi connectivity index (χ4n) is 10.1. The van der Waals surface area contributed by atoms with Gasteiger partial charge in [0.1, 0.15) is 11.2 Å². The van der Waals surface area contributed by atoms with E-state index in [1.807, 2.05) is 12.1 Å². The van der Waals surface area contributed by atoms with Crippen LogP contribution in [0.4, 0.5) is 0 Å². The molecule has 0 atom stereocenters. The summed E-state index contributed by atoms with van der Waals surface area (Å²) in [5.41, 5.74) is 7.41. The Bertz CT molecular complexity index is 4270. The monoisotopic (exact) mass is 814 g/mol. The van der Waals surface area contributed by atoms with Crippen LogP contribution in [0.25, 0.3) is 137 Å². The Morgan fingerprint density at radius 2 is 0.859 bits per heavy atom. The fourth-order valence-corrected chi connectivity index (χ4v) is 10.1. The van der Waals surface area contributed by atoms with Gasteiger partial charge in [-0.1, -0.05) is 164 Å². The Kier molecular flexibility index (Phi) is 7.33. The minimum atomic E-state index is 0.536. The minimum absolute atomic E-state index is 0.536. The van der Waals surface area contributed by atoms with E-state index in [0.717, 1.165) is 71.5 Å². The van der Waals surface area contributed by atoms with Gasteiger partial charge in [0.05, 0.1) is 16.6 Å². The number of rotatable bonds is 4. The summed E-state index contributed by atoms with van der Waals surface area (Å²) in [6, 6.07) is 73.5. The lowest BCUT2D eigenvalue weighted by Gasteiger charge is -2.14. The highest BCUT2D eigenvalue weighted by molar-refractivity contribution is 6.21. The van der Waals surface area contributed by atoms with Crippen molar-refractivity contribution in [3.8, 4) is 39.9 Å². The molecule has 0 amide bonds. The molecule has 14 rings (SSSR count). The van der Waals surface area contributed by atoms with Gasteiger partial charge in [-0.3, -0.25) is 0 Å². The molecule has 11 aromatic carbocycles.